The zero-order valence-corrected chi connectivity index (χ0v) is 9.02. The fraction of sp³-hybridized carbons (Fsp3) is 0.909. The summed E-state index contributed by atoms with van der Waals surface area (Å²) in [4.78, 5) is 12.9. The molecule has 1 saturated carbocycles. The Morgan fingerprint density at radius 2 is 2.33 bits per heavy atom. The van der Waals surface area contributed by atoms with Gasteiger partial charge in [0.1, 0.15) is 0 Å². The maximum atomic E-state index is 10.6. The first-order valence-electron chi connectivity index (χ1n) is 5.81. The lowest BCUT2D eigenvalue weighted by molar-refractivity contribution is -0.137. The van der Waals surface area contributed by atoms with Gasteiger partial charge in [-0.1, -0.05) is 6.42 Å². The van der Waals surface area contributed by atoms with E-state index in [0.717, 1.165) is 19.8 Å². The summed E-state index contributed by atoms with van der Waals surface area (Å²) in [5, 5.41) is 8.70. The highest BCUT2D eigenvalue weighted by Crippen LogP contribution is 2.31. The molecule has 2 rings (SSSR count). The topological polar surface area (TPSA) is 49.8 Å². The van der Waals surface area contributed by atoms with Crippen molar-refractivity contribution in [3.63, 3.8) is 0 Å². The Morgan fingerprint density at radius 1 is 1.47 bits per heavy atom. The van der Waals surface area contributed by atoms with Crippen LogP contribution in [0.4, 0.5) is 0 Å². The standard InChI is InChI=1S/C11H19NO3/c13-11(14)4-5-12-6-7-15-8-9-2-1-3-10(9)12/h9-10H,1-8H2,(H,13,14). The number of carboxylic acids is 1. The molecule has 2 fully saturated rings. The molecule has 1 heterocycles. The van der Waals surface area contributed by atoms with E-state index in [1.54, 1.807) is 0 Å². The van der Waals surface area contributed by atoms with Crippen molar-refractivity contribution in [2.75, 3.05) is 26.3 Å². The molecule has 1 aliphatic heterocycles. The lowest BCUT2D eigenvalue weighted by atomic mass is 10.0. The van der Waals surface area contributed by atoms with Gasteiger partial charge in [0.05, 0.1) is 19.6 Å². The van der Waals surface area contributed by atoms with E-state index in [2.05, 4.69) is 4.90 Å². The molecular formula is C11H19NO3. The molecule has 1 saturated heterocycles. The van der Waals surface area contributed by atoms with E-state index in [4.69, 9.17) is 9.84 Å². The van der Waals surface area contributed by atoms with Crippen molar-refractivity contribution in [3.8, 4) is 0 Å². The summed E-state index contributed by atoms with van der Waals surface area (Å²) >= 11 is 0. The van der Waals surface area contributed by atoms with Crippen molar-refractivity contribution in [2.24, 2.45) is 5.92 Å². The van der Waals surface area contributed by atoms with Crippen LogP contribution in [0.5, 0.6) is 0 Å². The van der Waals surface area contributed by atoms with E-state index in [0.29, 0.717) is 18.5 Å². The fourth-order valence-electron chi connectivity index (χ4n) is 2.79. The summed E-state index contributed by atoms with van der Waals surface area (Å²) in [5.74, 6) is -0.0593. The van der Waals surface area contributed by atoms with Crippen LogP contribution >= 0.6 is 0 Å². The minimum absolute atomic E-state index is 0.253. The molecule has 4 nitrogen and oxygen atoms in total. The molecule has 0 aromatic carbocycles. The Labute approximate surface area is 90.2 Å². The van der Waals surface area contributed by atoms with Crippen LogP contribution in [-0.2, 0) is 9.53 Å². The maximum absolute atomic E-state index is 10.6. The zero-order valence-electron chi connectivity index (χ0n) is 9.02. The van der Waals surface area contributed by atoms with Crippen molar-refractivity contribution in [2.45, 2.75) is 31.7 Å². The quantitative estimate of drug-likeness (QED) is 0.758. The second kappa shape index (κ2) is 4.94. The molecule has 0 bridgehead atoms. The Balaban J connectivity index is 1.92. The number of fused-ring (bicyclic) bond motifs is 1. The molecule has 2 atom stereocenters. The van der Waals surface area contributed by atoms with E-state index < -0.39 is 5.97 Å². The predicted molar refractivity (Wildman–Crippen MR) is 55.8 cm³/mol. The van der Waals surface area contributed by atoms with Crippen LogP contribution in [-0.4, -0.2) is 48.3 Å². The third kappa shape index (κ3) is 2.69. The number of nitrogens with zero attached hydrogens (tertiary/aromatic N) is 1. The molecule has 1 aliphatic carbocycles. The average molecular weight is 213 g/mol. The van der Waals surface area contributed by atoms with Crippen LogP contribution in [0, 0.1) is 5.92 Å². The van der Waals surface area contributed by atoms with Gasteiger partial charge >= 0.3 is 5.97 Å². The highest BCUT2D eigenvalue weighted by atomic mass is 16.5. The number of hydrogen-bond acceptors (Lipinski definition) is 3. The first-order chi connectivity index (χ1) is 7.27. The van der Waals surface area contributed by atoms with E-state index >= 15 is 0 Å². The van der Waals surface area contributed by atoms with Gasteiger partial charge in [0.25, 0.3) is 0 Å². The van der Waals surface area contributed by atoms with Gasteiger partial charge < -0.3 is 9.84 Å². The summed E-state index contributed by atoms with van der Waals surface area (Å²) in [6.45, 7) is 3.20. The lowest BCUT2D eigenvalue weighted by Gasteiger charge is -2.29. The Hall–Kier alpha value is -0.610. The zero-order chi connectivity index (χ0) is 10.7. The summed E-state index contributed by atoms with van der Waals surface area (Å²) in [5.41, 5.74) is 0. The van der Waals surface area contributed by atoms with Gasteiger partial charge in [-0.2, -0.15) is 0 Å². The molecule has 0 aromatic heterocycles. The first-order valence-corrected chi connectivity index (χ1v) is 5.81. The van der Waals surface area contributed by atoms with Crippen LogP contribution in [0.1, 0.15) is 25.7 Å². The summed E-state index contributed by atoms with van der Waals surface area (Å²) in [6.07, 6.45) is 3.98. The Morgan fingerprint density at radius 3 is 3.13 bits per heavy atom. The van der Waals surface area contributed by atoms with Crippen LogP contribution < -0.4 is 0 Å². The molecular weight excluding hydrogens is 194 g/mol. The van der Waals surface area contributed by atoms with Crippen molar-refractivity contribution >= 4 is 5.97 Å². The number of rotatable bonds is 3. The lowest BCUT2D eigenvalue weighted by Crippen LogP contribution is -2.39. The molecule has 1 N–H and O–H groups in total. The first kappa shape index (κ1) is 10.9. The molecule has 4 heteroatoms. The second-order valence-electron chi connectivity index (χ2n) is 4.51. The van der Waals surface area contributed by atoms with Crippen LogP contribution in [0.15, 0.2) is 0 Å². The van der Waals surface area contributed by atoms with Crippen molar-refractivity contribution in [1.82, 2.24) is 4.90 Å². The van der Waals surface area contributed by atoms with Crippen molar-refractivity contribution < 1.29 is 14.6 Å². The number of carbonyl (C=O) groups is 1. The third-order valence-corrected chi connectivity index (χ3v) is 3.56. The van der Waals surface area contributed by atoms with E-state index in [1.165, 1.54) is 19.3 Å². The van der Waals surface area contributed by atoms with E-state index in [1.807, 2.05) is 0 Å². The minimum atomic E-state index is -0.699. The van der Waals surface area contributed by atoms with Crippen LogP contribution in [0.25, 0.3) is 0 Å². The Kier molecular flexibility index (Phi) is 3.59. The molecule has 86 valence electrons. The largest absolute Gasteiger partial charge is 0.481 e. The molecule has 0 aromatic rings. The summed E-state index contributed by atoms with van der Waals surface area (Å²) < 4.78 is 5.56. The minimum Gasteiger partial charge on any atom is -0.481 e. The number of ether oxygens (including phenoxy) is 1. The van der Waals surface area contributed by atoms with Gasteiger partial charge in [-0.15, -0.1) is 0 Å². The summed E-state index contributed by atoms with van der Waals surface area (Å²) in [7, 11) is 0. The number of aliphatic carboxylic acids is 1. The Bertz CT molecular complexity index is 232. The molecule has 2 aliphatic rings. The monoisotopic (exact) mass is 213 g/mol. The normalized spacial score (nSPS) is 32.3. The van der Waals surface area contributed by atoms with E-state index in [9.17, 15) is 4.79 Å². The van der Waals surface area contributed by atoms with Crippen molar-refractivity contribution in [3.05, 3.63) is 0 Å². The van der Waals surface area contributed by atoms with Gasteiger partial charge in [-0.25, -0.2) is 0 Å². The molecule has 15 heavy (non-hydrogen) atoms. The molecule has 0 spiro atoms. The van der Waals surface area contributed by atoms with Crippen LogP contribution in [0.2, 0.25) is 0 Å². The molecule has 0 amide bonds. The van der Waals surface area contributed by atoms with Gasteiger partial charge in [0.2, 0.25) is 0 Å². The second-order valence-corrected chi connectivity index (χ2v) is 4.51. The molecule has 0 radical (unpaired) electrons. The highest BCUT2D eigenvalue weighted by molar-refractivity contribution is 5.66. The number of carboxylic acid groups (broad SMARTS) is 1. The molecule has 2 unspecified atom stereocenters. The average Bonchev–Trinajstić information content (AvgIpc) is 2.57. The van der Waals surface area contributed by atoms with Gasteiger partial charge in [0, 0.05) is 19.1 Å². The maximum Gasteiger partial charge on any atom is 0.304 e. The fourth-order valence-corrected chi connectivity index (χ4v) is 2.79. The number of hydrogen-bond donors (Lipinski definition) is 1. The van der Waals surface area contributed by atoms with Gasteiger partial charge in [-0.3, -0.25) is 9.69 Å². The van der Waals surface area contributed by atoms with Gasteiger partial charge in [0.15, 0.2) is 0 Å². The van der Waals surface area contributed by atoms with Gasteiger partial charge in [-0.05, 0) is 18.8 Å². The van der Waals surface area contributed by atoms with E-state index in [-0.39, 0.29) is 6.42 Å². The highest BCUT2D eigenvalue weighted by Gasteiger charge is 2.33. The SMILES string of the molecule is O=C(O)CCN1CCOCC2CCCC21. The smallest absolute Gasteiger partial charge is 0.304 e. The predicted octanol–water partition coefficient (Wildman–Crippen LogP) is 0.962. The van der Waals surface area contributed by atoms with Crippen molar-refractivity contribution in [1.29, 1.82) is 0 Å². The summed E-state index contributed by atoms with van der Waals surface area (Å²) in [6, 6.07) is 0.576. The third-order valence-electron chi connectivity index (χ3n) is 3.56. The van der Waals surface area contributed by atoms with Crippen LogP contribution in [0.3, 0.4) is 0 Å².